The average Bonchev–Trinajstić information content (AvgIpc) is 3.39. The van der Waals surface area contributed by atoms with Gasteiger partial charge < -0.3 is 20.4 Å². The lowest BCUT2D eigenvalue weighted by Gasteiger charge is -2.17. The Bertz CT molecular complexity index is 1440. The number of likely N-dealkylation sites (tertiary alicyclic amines) is 1. The summed E-state index contributed by atoms with van der Waals surface area (Å²) in [5, 5.41) is 7.78. The second-order valence-corrected chi connectivity index (χ2v) is 9.27. The number of benzene rings is 1. The zero-order valence-electron chi connectivity index (χ0n) is 21.0. The molecule has 186 valence electrons. The van der Waals surface area contributed by atoms with Crippen molar-refractivity contribution in [2.45, 2.75) is 26.7 Å². The molecular weight excluding hydrogens is 452 g/mol. The fourth-order valence-electron chi connectivity index (χ4n) is 4.69. The first-order valence-corrected chi connectivity index (χ1v) is 12.4. The van der Waals surface area contributed by atoms with E-state index in [2.05, 4.69) is 25.5 Å². The van der Waals surface area contributed by atoms with Crippen molar-refractivity contribution in [1.82, 2.24) is 19.9 Å². The summed E-state index contributed by atoms with van der Waals surface area (Å²) in [7, 11) is 1.85. The maximum atomic E-state index is 12.8. The Hall–Kier alpha value is -3.91. The predicted octanol–water partition coefficient (Wildman–Crippen LogP) is 4.86. The van der Waals surface area contributed by atoms with Crippen LogP contribution in [0.1, 0.15) is 24.0 Å². The normalized spacial score (nSPS) is 13.8. The molecule has 0 unspecified atom stereocenters. The van der Waals surface area contributed by atoms with Crippen LogP contribution in [0.2, 0.25) is 0 Å². The van der Waals surface area contributed by atoms with Gasteiger partial charge in [0.15, 0.2) is 0 Å². The minimum atomic E-state index is -0.192. The lowest BCUT2D eigenvalue weighted by atomic mass is 10.1. The smallest absolute Gasteiger partial charge is 0.259 e. The Kier molecular flexibility index (Phi) is 6.86. The molecule has 1 aliphatic heterocycles. The minimum absolute atomic E-state index is 0.192. The highest BCUT2D eigenvalue weighted by molar-refractivity contribution is 5.95. The monoisotopic (exact) mass is 484 g/mol. The highest BCUT2D eigenvalue weighted by Crippen LogP contribution is 2.30. The van der Waals surface area contributed by atoms with Gasteiger partial charge in [-0.15, -0.1) is 0 Å². The van der Waals surface area contributed by atoms with Gasteiger partial charge in [-0.25, -0.2) is 9.97 Å². The van der Waals surface area contributed by atoms with Crippen LogP contribution in [0.3, 0.4) is 0 Å². The maximum absolute atomic E-state index is 12.8. The van der Waals surface area contributed by atoms with Gasteiger partial charge in [0, 0.05) is 43.3 Å². The third-order valence-electron chi connectivity index (χ3n) is 6.68. The Morgan fingerprint density at radius 2 is 1.89 bits per heavy atom. The summed E-state index contributed by atoms with van der Waals surface area (Å²) in [6, 6.07) is 11.8. The van der Waals surface area contributed by atoms with Crippen molar-refractivity contribution in [3.63, 3.8) is 0 Å². The number of fused-ring (bicyclic) bond motifs is 1. The summed E-state index contributed by atoms with van der Waals surface area (Å²) in [5.41, 5.74) is 4.33. The Balaban J connectivity index is 1.47. The fraction of sp³-hybridized carbons (Fsp3) is 0.321. The number of hydrogen-bond donors (Lipinski definition) is 3. The van der Waals surface area contributed by atoms with Crippen LogP contribution < -0.4 is 20.9 Å². The predicted molar refractivity (Wildman–Crippen MR) is 146 cm³/mol. The van der Waals surface area contributed by atoms with E-state index in [9.17, 15) is 4.79 Å². The molecule has 0 aliphatic carbocycles. The Morgan fingerprint density at radius 3 is 2.67 bits per heavy atom. The van der Waals surface area contributed by atoms with Crippen LogP contribution >= 0.6 is 0 Å². The van der Waals surface area contributed by atoms with Crippen LogP contribution in [-0.4, -0.2) is 53.1 Å². The van der Waals surface area contributed by atoms with Crippen molar-refractivity contribution < 1.29 is 4.74 Å². The standard InChI is InChI=1S/C28H32N6O2/c1-18-6-7-22(16-24(18)36-13-12-34-10-4-5-11-34)32-27-25-20(8-9-30-28(25)35)15-23(33-27)21-14-19(2)26(29-3)31-17-21/h6-9,14-17H,4-5,10-13H2,1-3H3,(H,29,31)(H,30,35)(H,32,33). The number of aromatic nitrogens is 3. The maximum Gasteiger partial charge on any atom is 0.259 e. The zero-order valence-corrected chi connectivity index (χ0v) is 21.0. The summed E-state index contributed by atoms with van der Waals surface area (Å²) in [6.45, 7) is 7.93. The van der Waals surface area contributed by atoms with E-state index in [1.165, 1.54) is 12.8 Å². The van der Waals surface area contributed by atoms with Crippen LogP contribution in [0.4, 0.5) is 17.3 Å². The Morgan fingerprint density at radius 1 is 1.06 bits per heavy atom. The summed E-state index contributed by atoms with van der Waals surface area (Å²) in [4.78, 5) is 27.3. The van der Waals surface area contributed by atoms with E-state index in [0.717, 1.165) is 64.7 Å². The van der Waals surface area contributed by atoms with E-state index in [1.54, 1.807) is 12.4 Å². The van der Waals surface area contributed by atoms with Crippen molar-refractivity contribution in [1.29, 1.82) is 0 Å². The number of hydrogen-bond acceptors (Lipinski definition) is 7. The average molecular weight is 485 g/mol. The molecule has 4 aromatic rings. The van der Waals surface area contributed by atoms with Gasteiger partial charge >= 0.3 is 0 Å². The number of aromatic amines is 1. The van der Waals surface area contributed by atoms with E-state index in [0.29, 0.717) is 17.8 Å². The van der Waals surface area contributed by atoms with Crippen LogP contribution in [-0.2, 0) is 0 Å². The number of anilines is 3. The molecule has 0 amide bonds. The number of aryl methyl sites for hydroxylation is 2. The first-order chi connectivity index (χ1) is 17.5. The number of nitrogens with one attached hydrogen (secondary N) is 3. The molecule has 36 heavy (non-hydrogen) atoms. The van der Waals surface area contributed by atoms with Crippen LogP contribution in [0.15, 0.2) is 53.6 Å². The third-order valence-corrected chi connectivity index (χ3v) is 6.68. The fourth-order valence-corrected chi connectivity index (χ4v) is 4.69. The number of H-pyrrole nitrogens is 1. The largest absolute Gasteiger partial charge is 0.492 e. The molecule has 8 nitrogen and oxygen atoms in total. The molecule has 1 saturated heterocycles. The molecule has 3 N–H and O–H groups in total. The molecule has 4 heterocycles. The van der Waals surface area contributed by atoms with E-state index in [1.807, 2.05) is 57.3 Å². The molecule has 0 saturated carbocycles. The summed E-state index contributed by atoms with van der Waals surface area (Å²) in [5.74, 6) is 2.15. The van der Waals surface area contributed by atoms with Gasteiger partial charge in [-0.1, -0.05) is 6.07 Å². The molecule has 0 radical (unpaired) electrons. The molecule has 1 aromatic carbocycles. The van der Waals surface area contributed by atoms with Gasteiger partial charge in [0.25, 0.3) is 5.56 Å². The summed E-state index contributed by atoms with van der Waals surface area (Å²) < 4.78 is 6.13. The Labute approximate surface area is 210 Å². The molecule has 1 fully saturated rings. The van der Waals surface area contributed by atoms with Crippen molar-refractivity contribution >= 4 is 28.1 Å². The molecule has 0 atom stereocenters. The van der Waals surface area contributed by atoms with E-state index < -0.39 is 0 Å². The zero-order chi connectivity index (χ0) is 25.1. The second kappa shape index (κ2) is 10.4. The first kappa shape index (κ1) is 23.8. The minimum Gasteiger partial charge on any atom is -0.492 e. The molecule has 0 bridgehead atoms. The van der Waals surface area contributed by atoms with Crippen molar-refractivity contribution in [3.05, 3.63) is 70.3 Å². The van der Waals surface area contributed by atoms with Gasteiger partial charge in [0.1, 0.15) is 24.0 Å². The van der Waals surface area contributed by atoms with Crippen LogP contribution in [0, 0.1) is 13.8 Å². The SMILES string of the molecule is CNc1ncc(-c2cc3cc[nH]c(=O)c3c(Nc3ccc(C)c(OCCN4CCCC4)c3)n2)cc1C. The van der Waals surface area contributed by atoms with Crippen LogP contribution in [0.25, 0.3) is 22.0 Å². The quantitative estimate of drug-likeness (QED) is 0.329. The third kappa shape index (κ3) is 5.04. The highest BCUT2D eigenvalue weighted by Gasteiger charge is 2.14. The topological polar surface area (TPSA) is 95.2 Å². The van der Waals surface area contributed by atoms with E-state index in [4.69, 9.17) is 9.72 Å². The van der Waals surface area contributed by atoms with E-state index >= 15 is 0 Å². The molecule has 8 heteroatoms. The summed E-state index contributed by atoms with van der Waals surface area (Å²) in [6.07, 6.45) is 5.99. The second-order valence-electron chi connectivity index (χ2n) is 9.27. The highest BCUT2D eigenvalue weighted by atomic mass is 16.5. The van der Waals surface area contributed by atoms with Gasteiger partial charge in [0.2, 0.25) is 0 Å². The van der Waals surface area contributed by atoms with Crippen molar-refractivity contribution in [2.24, 2.45) is 0 Å². The van der Waals surface area contributed by atoms with Gasteiger partial charge in [-0.3, -0.25) is 9.69 Å². The number of ether oxygens (including phenoxy) is 1. The lowest BCUT2D eigenvalue weighted by molar-refractivity contribution is 0.237. The summed E-state index contributed by atoms with van der Waals surface area (Å²) >= 11 is 0. The van der Waals surface area contributed by atoms with E-state index in [-0.39, 0.29) is 5.56 Å². The molecule has 3 aromatic heterocycles. The van der Waals surface area contributed by atoms with Gasteiger partial charge in [-0.05, 0) is 80.6 Å². The van der Waals surface area contributed by atoms with Crippen molar-refractivity contribution in [2.75, 3.05) is 43.9 Å². The number of rotatable bonds is 8. The molecule has 1 aliphatic rings. The molecule has 0 spiro atoms. The van der Waals surface area contributed by atoms with Crippen molar-refractivity contribution in [3.8, 4) is 17.0 Å². The van der Waals surface area contributed by atoms with Gasteiger partial charge in [-0.2, -0.15) is 0 Å². The number of pyridine rings is 3. The number of nitrogens with zero attached hydrogens (tertiary/aromatic N) is 3. The van der Waals surface area contributed by atoms with Gasteiger partial charge in [0.05, 0.1) is 11.1 Å². The first-order valence-electron chi connectivity index (χ1n) is 12.4. The molecule has 5 rings (SSSR count). The van der Waals surface area contributed by atoms with Crippen LogP contribution in [0.5, 0.6) is 5.75 Å². The lowest BCUT2D eigenvalue weighted by Crippen LogP contribution is -2.25. The molecular formula is C28H32N6O2.